The molecule has 0 aromatic heterocycles. The fraction of sp³-hybridized carbons (Fsp3) is 0.929. The van der Waals surface area contributed by atoms with Gasteiger partial charge >= 0.3 is 6.18 Å². The van der Waals surface area contributed by atoms with Gasteiger partial charge in [0.1, 0.15) is 0 Å². The van der Waals surface area contributed by atoms with Gasteiger partial charge in [0.05, 0.1) is 5.92 Å². The topological polar surface area (TPSA) is 55.1 Å². The molecule has 0 radical (unpaired) electrons. The van der Waals surface area contributed by atoms with Crippen LogP contribution in [0.15, 0.2) is 0 Å². The van der Waals surface area contributed by atoms with Gasteiger partial charge in [0.2, 0.25) is 5.91 Å². The first-order valence-corrected chi connectivity index (χ1v) is 7.50. The molecule has 2 rings (SSSR count). The van der Waals surface area contributed by atoms with Crippen LogP contribution in [0.1, 0.15) is 51.4 Å². The molecule has 0 saturated heterocycles. The number of alkyl halides is 3. The maximum Gasteiger partial charge on any atom is 0.393 e. The molecule has 2 aliphatic carbocycles. The maximum absolute atomic E-state index is 13.0. The molecule has 0 spiro atoms. The smallest absolute Gasteiger partial charge is 0.353 e. The highest BCUT2D eigenvalue weighted by Gasteiger charge is 2.46. The molecular formula is C14H23F3N2O. The van der Waals surface area contributed by atoms with Gasteiger partial charge in [0.15, 0.2) is 0 Å². The van der Waals surface area contributed by atoms with Crippen LogP contribution in [0, 0.1) is 11.8 Å². The van der Waals surface area contributed by atoms with Gasteiger partial charge in [0, 0.05) is 18.0 Å². The summed E-state index contributed by atoms with van der Waals surface area (Å²) in [7, 11) is 0. The summed E-state index contributed by atoms with van der Waals surface area (Å²) in [5, 5.41) is 2.65. The van der Waals surface area contributed by atoms with Crippen molar-refractivity contribution in [2.75, 3.05) is 0 Å². The van der Waals surface area contributed by atoms with E-state index >= 15 is 0 Å². The molecule has 2 saturated carbocycles. The summed E-state index contributed by atoms with van der Waals surface area (Å²) in [5.41, 5.74) is 5.83. The van der Waals surface area contributed by atoms with Gasteiger partial charge in [-0.15, -0.1) is 0 Å². The summed E-state index contributed by atoms with van der Waals surface area (Å²) in [4.78, 5) is 12.2. The van der Waals surface area contributed by atoms with E-state index in [-0.39, 0.29) is 24.3 Å². The Kier molecular flexibility index (Phi) is 4.94. The van der Waals surface area contributed by atoms with Crippen molar-refractivity contribution >= 4 is 5.91 Å². The first-order valence-electron chi connectivity index (χ1n) is 7.50. The van der Waals surface area contributed by atoms with Gasteiger partial charge in [-0.3, -0.25) is 4.79 Å². The SMILES string of the molecule is NC1CCCC(C(=O)NC2CCCCC2C(F)(F)F)C1. The van der Waals surface area contributed by atoms with Gasteiger partial charge in [-0.05, 0) is 32.1 Å². The standard InChI is InChI=1S/C14H23F3N2O/c15-14(16,17)11-6-1-2-7-12(11)19-13(20)9-4-3-5-10(18)8-9/h9-12H,1-8,18H2,(H,19,20). The zero-order valence-electron chi connectivity index (χ0n) is 11.6. The number of carbonyl (C=O) groups excluding carboxylic acids is 1. The van der Waals surface area contributed by atoms with Crippen molar-refractivity contribution in [3.8, 4) is 0 Å². The number of hydrogen-bond acceptors (Lipinski definition) is 2. The van der Waals surface area contributed by atoms with Crippen LogP contribution >= 0.6 is 0 Å². The van der Waals surface area contributed by atoms with Gasteiger partial charge in [-0.1, -0.05) is 19.3 Å². The summed E-state index contributed by atoms with van der Waals surface area (Å²) in [6, 6.07) is -0.751. The molecule has 0 heterocycles. The zero-order valence-corrected chi connectivity index (χ0v) is 11.6. The predicted octanol–water partition coefficient (Wildman–Crippen LogP) is 2.74. The second-order valence-electron chi connectivity index (χ2n) is 6.17. The van der Waals surface area contributed by atoms with Crippen molar-refractivity contribution in [2.24, 2.45) is 17.6 Å². The molecule has 0 bridgehead atoms. The monoisotopic (exact) mass is 292 g/mol. The second-order valence-corrected chi connectivity index (χ2v) is 6.17. The number of carbonyl (C=O) groups is 1. The fourth-order valence-electron chi connectivity index (χ4n) is 3.46. The Morgan fingerprint density at radius 3 is 2.40 bits per heavy atom. The van der Waals surface area contributed by atoms with E-state index in [1.165, 1.54) is 0 Å². The van der Waals surface area contributed by atoms with Crippen LogP contribution in [-0.2, 0) is 4.79 Å². The highest BCUT2D eigenvalue weighted by molar-refractivity contribution is 5.79. The molecule has 3 nitrogen and oxygen atoms in total. The number of hydrogen-bond donors (Lipinski definition) is 2. The first-order chi connectivity index (χ1) is 9.38. The van der Waals surface area contributed by atoms with Crippen LogP contribution in [0.25, 0.3) is 0 Å². The van der Waals surface area contributed by atoms with E-state index in [1.807, 2.05) is 0 Å². The summed E-state index contributed by atoms with van der Waals surface area (Å²) in [5.74, 6) is -1.84. The fourth-order valence-corrected chi connectivity index (χ4v) is 3.46. The molecule has 6 heteroatoms. The van der Waals surface area contributed by atoms with Crippen LogP contribution < -0.4 is 11.1 Å². The van der Waals surface area contributed by atoms with E-state index in [1.54, 1.807) is 0 Å². The molecule has 0 aromatic rings. The van der Waals surface area contributed by atoms with Gasteiger partial charge in [-0.25, -0.2) is 0 Å². The minimum atomic E-state index is -4.22. The summed E-state index contributed by atoms with van der Waals surface area (Å²) in [6.07, 6.45) is 0.782. The van der Waals surface area contributed by atoms with Crippen LogP contribution in [-0.4, -0.2) is 24.2 Å². The van der Waals surface area contributed by atoms with E-state index in [4.69, 9.17) is 5.73 Å². The minimum Gasteiger partial charge on any atom is -0.353 e. The lowest BCUT2D eigenvalue weighted by Crippen LogP contribution is -2.50. The molecular weight excluding hydrogens is 269 g/mol. The lowest BCUT2D eigenvalue weighted by atomic mass is 9.82. The molecule has 20 heavy (non-hydrogen) atoms. The number of rotatable bonds is 2. The van der Waals surface area contributed by atoms with Crippen LogP contribution in [0.3, 0.4) is 0 Å². The first kappa shape index (κ1) is 15.6. The van der Waals surface area contributed by atoms with Crippen LogP contribution in [0.4, 0.5) is 13.2 Å². The lowest BCUT2D eigenvalue weighted by molar-refractivity contribution is -0.189. The molecule has 2 fully saturated rings. The van der Waals surface area contributed by atoms with E-state index in [0.717, 1.165) is 25.7 Å². The Balaban J connectivity index is 1.94. The van der Waals surface area contributed by atoms with Crippen LogP contribution in [0.2, 0.25) is 0 Å². The van der Waals surface area contributed by atoms with Gasteiger partial charge < -0.3 is 11.1 Å². The summed E-state index contributed by atoms with van der Waals surface area (Å²) >= 11 is 0. The van der Waals surface area contributed by atoms with Crippen molar-refractivity contribution < 1.29 is 18.0 Å². The average molecular weight is 292 g/mol. The van der Waals surface area contributed by atoms with Crippen LogP contribution in [0.5, 0.6) is 0 Å². The third-order valence-corrected chi connectivity index (χ3v) is 4.60. The second kappa shape index (κ2) is 6.33. The van der Waals surface area contributed by atoms with E-state index in [2.05, 4.69) is 5.32 Å². The van der Waals surface area contributed by atoms with Crippen molar-refractivity contribution in [3.05, 3.63) is 0 Å². The minimum absolute atomic E-state index is 0.00395. The van der Waals surface area contributed by atoms with E-state index in [9.17, 15) is 18.0 Å². The predicted molar refractivity (Wildman–Crippen MR) is 69.9 cm³/mol. The molecule has 0 aliphatic heterocycles. The Morgan fingerprint density at radius 1 is 1.05 bits per heavy atom. The number of halogens is 3. The molecule has 4 atom stereocenters. The van der Waals surface area contributed by atoms with E-state index in [0.29, 0.717) is 19.3 Å². The van der Waals surface area contributed by atoms with E-state index < -0.39 is 18.1 Å². The lowest BCUT2D eigenvalue weighted by Gasteiger charge is -2.35. The molecule has 1 amide bonds. The molecule has 2 aliphatic rings. The summed E-state index contributed by atoms with van der Waals surface area (Å²) in [6.45, 7) is 0. The Labute approximate surface area is 117 Å². The number of nitrogens with two attached hydrogens (primary N) is 1. The third-order valence-electron chi connectivity index (χ3n) is 4.60. The van der Waals surface area contributed by atoms with Crippen molar-refractivity contribution in [1.29, 1.82) is 0 Å². The van der Waals surface area contributed by atoms with Crippen molar-refractivity contribution in [2.45, 2.75) is 69.6 Å². The average Bonchev–Trinajstić information content (AvgIpc) is 2.38. The molecule has 116 valence electrons. The van der Waals surface area contributed by atoms with Crippen molar-refractivity contribution in [1.82, 2.24) is 5.32 Å². The highest BCUT2D eigenvalue weighted by atomic mass is 19.4. The molecule has 4 unspecified atom stereocenters. The van der Waals surface area contributed by atoms with Gasteiger partial charge in [-0.2, -0.15) is 13.2 Å². The summed E-state index contributed by atoms with van der Waals surface area (Å²) < 4.78 is 38.9. The highest BCUT2D eigenvalue weighted by Crippen LogP contribution is 2.38. The van der Waals surface area contributed by atoms with Crippen molar-refractivity contribution in [3.63, 3.8) is 0 Å². The normalized spacial score (nSPS) is 35.6. The molecule has 3 N–H and O–H groups in total. The Morgan fingerprint density at radius 2 is 1.75 bits per heavy atom. The number of amides is 1. The third kappa shape index (κ3) is 3.87. The number of nitrogens with one attached hydrogen (secondary N) is 1. The van der Waals surface area contributed by atoms with Gasteiger partial charge in [0.25, 0.3) is 0 Å². The Hall–Kier alpha value is -0.780. The zero-order chi connectivity index (χ0) is 14.8. The quantitative estimate of drug-likeness (QED) is 0.822. The Bertz CT molecular complexity index is 346. The largest absolute Gasteiger partial charge is 0.393 e. The molecule has 0 aromatic carbocycles. The maximum atomic E-state index is 13.0.